The Morgan fingerprint density at radius 2 is 1.93 bits per heavy atom. The molecule has 80 valence electrons. The molecule has 0 fully saturated rings. The second-order valence-electron chi connectivity index (χ2n) is 2.54. The van der Waals surface area contributed by atoms with Crippen LogP contribution in [-0.4, -0.2) is 24.0 Å². The van der Waals surface area contributed by atoms with Crippen molar-refractivity contribution in [2.45, 2.75) is 0 Å². The average Bonchev–Trinajstić information content (AvgIpc) is 2.22. The molecule has 0 aromatic heterocycles. The highest BCUT2D eigenvalue weighted by Gasteiger charge is 2.22. The van der Waals surface area contributed by atoms with Gasteiger partial charge < -0.3 is 9.94 Å². The van der Waals surface area contributed by atoms with E-state index in [4.69, 9.17) is 5.21 Å². The molecule has 0 unspecified atom stereocenters. The van der Waals surface area contributed by atoms with Crippen LogP contribution in [0.15, 0.2) is 23.4 Å². The van der Waals surface area contributed by atoms with Crippen LogP contribution in [0.25, 0.3) is 0 Å². The third-order valence-corrected chi connectivity index (χ3v) is 1.68. The summed E-state index contributed by atoms with van der Waals surface area (Å²) in [5.74, 6) is -3.14. The molecule has 1 rings (SSSR count). The number of oxime groups is 1. The van der Waals surface area contributed by atoms with E-state index in [0.717, 1.165) is 25.3 Å². The first-order valence-electron chi connectivity index (χ1n) is 3.86. The maximum atomic E-state index is 13.1. The van der Waals surface area contributed by atoms with Crippen LogP contribution >= 0.6 is 0 Å². The van der Waals surface area contributed by atoms with E-state index in [1.165, 1.54) is 0 Å². The van der Waals surface area contributed by atoms with Crippen LogP contribution in [0.5, 0.6) is 0 Å². The molecule has 0 radical (unpaired) electrons. The van der Waals surface area contributed by atoms with Gasteiger partial charge in [0, 0.05) is 0 Å². The van der Waals surface area contributed by atoms with Crippen molar-refractivity contribution >= 4 is 11.7 Å². The highest BCUT2D eigenvalue weighted by atomic mass is 19.1. The molecule has 0 amide bonds. The second kappa shape index (κ2) is 4.50. The summed E-state index contributed by atoms with van der Waals surface area (Å²) in [7, 11) is 1.01. The molecule has 0 atom stereocenters. The Kier molecular flexibility index (Phi) is 3.33. The lowest BCUT2D eigenvalue weighted by Crippen LogP contribution is -2.20. The van der Waals surface area contributed by atoms with Crippen molar-refractivity contribution in [1.82, 2.24) is 0 Å². The molecule has 15 heavy (non-hydrogen) atoms. The Morgan fingerprint density at radius 3 is 2.33 bits per heavy atom. The van der Waals surface area contributed by atoms with Gasteiger partial charge in [-0.1, -0.05) is 11.2 Å². The lowest BCUT2D eigenvalue weighted by molar-refractivity contribution is -0.132. The number of carbonyl (C=O) groups is 1. The molecule has 0 aliphatic rings. The van der Waals surface area contributed by atoms with E-state index < -0.39 is 28.9 Å². The number of rotatable bonds is 2. The van der Waals surface area contributed by atoms with Gasteiger partial charge in [-0.2, -0.15) is 0 Å². The zero-order valence-electron chi connectivity index (χ0n) is 7.70. The van der Waals surface area contributed by atoms with E-state index in [9.17, 15) is 13.6 Å². The Labute approximate surface area is 83.8 Å². The molecule has 6 heteroatoms. The second-order valence-corrected chi connectivity index (χ2v) is 2.54. The van der Waals surface area contributed by atoms with Gasteiger partial charge >= 0.3 is 5.97 Å². The van der Waals surface area contributed by atoms with Crippen LogP contribution in [-0.2, 0) is 9.53 Å². The minimum Gasteiger partial charge on any atom is -0.464 e. The maximum Gasteiger partial charge on any atom is 0.360 e. The third kappa shape index (κ3) is 2.09. The largest absolute Gasteiger partial charge is 0.464 e. The molecule has 4 nitrogen and oxygen atoms in total. The van der Waals surface area contributed by atoms with Crippen molar-refractivity contribution in [3.63, 3.8) is 0 Å². The molecule has 1 aromatic rings. The van der Waals surface area contributed by atoms with Gasteiger partial charge in [-0.05, 0) is 12.1 Å². The first-order chi connectivity index (χ1) is 7.11. The molecule has 0 heterocycles. The van der Waals surface area contributed by atoms with E-state index >= 15 is 0 Å². The first-order valence-corrected chi connectivity index (χ1v) is 3.86. The van der Waals surface area contributed by atoms with E-state index in [0.29, 0.717) is 0 Å². The van der Waals surface area contributed by atoms with Crippen LogP contribution < -0.4 is 0 Å². The molecule has 0 saturated heterocycles. The minimum absolute atomic E-state index is 0.716. The van der Waals surface area contributed by atoms with Crippen molar-refractivity contribution in [3.8, 4) is 0 Å². The van der Waals surface area contributed by atoms with Gasteiger partial charge in [-0.3, -0.25) is 0 Å². The van der Waals surface area contributed by atoms with Crippen LogP contribution in [0.3, 0.4) is 0 Å². The van der Waals surface area contributed by atoms with Crippen LogP contribution in [0.4, 0.5) is 8.78 Å². The topological polar surface area (TPSA) is 58.9 Å². The number of halogens is 2. The molecular formula is C9H7F2NO3. The number of hydrogen-bond donors (Lipinski definition) is 1. The Balaban J connectivity index is 3.31. The van der Waals surface area contributed by atoms with Crippen molar-refractivity contribution < 1.29 is 23.5 Å². The summed E-state index contributed by atoms with van der Waals surface area (Å²) in [6.45, 7) is 0. The zero-order chi connectivity index (χ0) is 11.4. The molecule has 0 aliphatic carbocycles. The normalized spacial score (nSPS) is 11.3. The summed E-state index contributed by atoms with van der Waals surface area (Å²) in [5, 5.41) is 11.0. The monoisotopic (exact) mass is 215 g/mol. The van der Waals surface area contributed by atoms with E-state index in [1.54, 1.807) is 0 Å². The Bertz CT molecular complexity index is 398. The van der Waals surface area contributed by atoms with Crippen molar-refractivity contribution in [1.29, 1.82) is 0 Å². The minimum atomic E-state index is -1.12. The fourth-order valence-corrected chi connectivity index (χ4v) is 1.01. The predicted molar refractivity (Wildman–Crippen MR) is 46.7 cm³/mol. The third-order valence-electron chi connectivity index (χ3n) is 1.68. The summed E-state index contributed by atoms with van der Waals surface area (Å²) in [6, 6.07) is 3.00. The number of nitrogens with zero attached hydrogens (tertiary/aromatic N) is 1. The maximum absolute atomic E-state index is 13.1. The first kappa shape index (κ1) is 11.1. The number of esters is 1. The van der Waals surface area contributed by atoms with Gasteiger partial charge in [0.2, 0.25) is 0 Å². The van der Waals surface area contributed by atoms with Crippen LogP contribution in [0.2, 0.25) is 0 Å². The van der Waals surface area contributed by atoms with Crippen LogP contribution in [0.1, 0.15) is 5.56 Å². The molecule has 0 bridgehead atoms. The number of carbonyl (C=O) groups excluding carboxylic acids is 1. The molecule has 0 aliphatic heterocycles. The fourth-order valence-electron chi connectivity index (χ4n) is 1.01. The van der Waals surface area contributed by atoms with Gasteiger partial charge in [0.05, 0.1) is 12.7 Å². The SMILES string of the molecule is COC(=O)/C(=N\O)c1c(F)cccc1F. The highest BCUT2D eigenvalue weighted by molar-refractivity contribution is 6.43. The molecular weight excluding hydrogens is 208 g/mol. The summed E-state index contributed by atoms with van der Waals surface area (Å²) in [4.78, 5) is 11.0. The number of ether oxygens (including phenoxy) is 1. The molecule has 1 aromatic carbocycles. The Hall–Kier alpha value is -1.98. The van der Waals surface area contributed by atoms with Gasteiger partial charge in [0.25, 0.3) is 0 Å². The summed E-state index contributed by atoms with van der Waals surface area (Å²) in [6.07, 6.45) is 0. The fraction of sp³-hybridized carbons (Fsp3) is 0.111. The van der Waals surface area contributed by atoms with E-state index in [2.05, 4.69) is 9.89 Å². The van der Waals surface area contributed by atoms with E-state index in [-0.39, 0.29) is 0 Å². The number of hydrogen-bond acceptors (Lipinski definition) is 4. The van der Waals surface area contributed by atoms with Gasteiger partial charge in [0.1, 0.15) is 11.6 Å². The number of methoxy groups -OCH3 is 1. The summed E-state index contributed by atoms with van der Waals surface area (Å²) >= 11 is 0. The smallest absolute Gasteiger partial charge is 0.360 e. The number of benzene rings is 1. The van der Waals surface area contributed by atoms with Crippen LogP contribution in [0, 0.1) is 11.6 Å². The average molecular weight is 215 g/mol. The van der Waals surface area contributed by atoms with Gasteiger partial charge in [0.15, 0.2) is 5.71 Å². The standard InChI is InChI=1S/C9H7F2NO3/c1-15-9(13)8(12-14)7-5(10)3-2-4-6(7)11/h2-4,14H,1H3/b12-8-. The van der Waals surface area contributed by atoms with Gasteiger partial charge in [-0.15, -0.1) is 0 Å². The van der Waals surface area contributed by atoms with Crippen molar-refractivity contribution in [3.05, 3.63) is 35.4 Å². The zero-order valence-corrected chi connectivity index (χ0v) is 7.70. The van der Waals surface area contributed by atoms with E-state index in [1.807, 2.05) is 0 Å². The van der Waals surface area contributed by atoms with Crippen molar-refractivity contribution in [2.75, 3.05) is 7.11 Å². The lowest BCUT2D eigenvalue weighted by Gasteiger charge is -2.04. The lowest BCUT2D eigenvalue weighted by atomic mass is 10.1. The summed E-state index contributed by atoms with van der Waals surface area (Å²) in [5.41, 5.74) is -1.53. The molecule has 1 N–H and O–H groups in total. The quantitative estimate of drug-likeness (QED) is 0.350. The Morgan fingerprint density at radius 1 is 1.40 bits per heavy atom. The van der Waals surface area contributed by atoms with Gasteiger partial charge in [-0.25, -0.2) is 13.6 Å². The highest BCUT2D eigenvalue weighted by Crippen LogP contribution is 2.13. The summed E-state index contributed by atoms with van der Waals surface area (Å²) < 4.78 is 30.5. The molecule has 0 saturated carbocycles. The molecule has 0 spiro atoms. The predicted octanol–water partition coefficient (Wildman–Crippen LogP) is 1.32. The van der Waals surface area contributed by atoms with Crippen molar-refractivity contribution in [2.24, 2.45) is 5.16 Å².